The van der Waals surface area contributed by atoms with Crippen LogP contribution < -0.4 is 0 Å². The zero-order valence-electron chi connectivity index (χ0n) is 10.5. The Bertz CT molecular complexity index is 446. The van der Waals surface area contributed by atoms with E-state index < -0.39 is 0 Å². The van der Waals surface area contributed by atoms with Crippen LogP contribution in [-0.2, 0) is 6.42 Å². The van der Waals surface area contributed by atoms with Gasteiger partial charge in [-0.1, -0.05) is 30.3 Å². The van der Waals surface area contributed by atoms with Crippen LogP contribution in [0.15, 0.2) is 41.8 Å². The molecule has 0 radical (unpaired) electrons. The van der Waals surface area contributed by atoms with Crippen molar-refractivity contribution < 1.29 is 0 Å². The maximum absolute atomic E-state index is 2.25. The average Bonchev–Trinajstić information content (AvgIpc) is 2.82. The third-order valence-electron chi connectivity index (χ3n) is 2.86. The van der Waals surface area contributed by atoms with Gasteiger partial charge in [0.1, 0.15) is 0 Å². The average molecular weight is 245 g/mol. The molecule has 1 heterocycles. The summed E-state index contributed by atoms with van der Waals surface area (Å²) < 4.78 is 0. The van der Waals surface area contributed by atoms with Gasteiger partial charge in [-0.2, -0.15) is 0 Å². The fourth-order valence-electron chi connectivity index (χ4n) is 2.00. The number of rotatable bonds is 5. The van der Waals surface area contributed by atoms with Crippen LogP contribution in [0.3, 0.4) is 0 Å². The predicted molar refractivity (Wildman–Crippen MR) is 76.6 cm³/mol. The Balaban J connectivity index is 2.11. The molecule has 0 atom stereocenters. The second-order valence-corrected chi connectivity index (χ2v) is 5.49. The van der Waals surface area contributed by atoms with Gasteiger partial charge >= 0.3 is 0 Å². The molecule has 1 nitrogen and oxygen atoms in total. The van der Waals surface area contributed by atoms with E-state index in [0.717, 1.165) is 13.0 Å². The van der Waals surface area contributed by atoms with Crippen molar-refractivity contribution >= 4 is 11.3 Å². The monoisotopic (exact) mass is 245 g/mol. The van der Waals surface area contributed by atoms with Crippen LogP contribution in [0.1, 0.15) is 12.0 Å². The molecule has 0 aliphatic heterocycles. The van der Waals surface area contributed by atoms with Crippen molar-refractivity contribution in [3.05, 3.63) is 47.3 Å². The Hall–Kier alpha value is -1.12. The summed E-state index contributed by atoms with van der Waals surface area (Å²) in [5, 5.41) is 2.14. The van der Waals surface area contributed by atoms with Crippen LogP contribution in [0.5, 0.6) is 0 Å². The Morgan fingerprint density at radius 1 is 1.06 bits per heavy atom. The lowest BCUT2D eigenvalue weighted by Gasteiger charge is -2.11. The molecule has 0 saturated heterocycles. The molecule has 2 aromatic rings. The smallest absolute Gasteiger partial charge is 0.0345 e. The van der Waals surface area contributed by atoms with E-state index in [0.29, 0.717) is 0 Å². The lowest BCUT2D eigenvalue weighted by atomic mass is 10.0. The standard InChI is InChI=1S/C15H19NS/c1-16(2)11-5-8-13-7-3-4-9-14(13)15-10-6-12-17-15/h3-4,6-7,9-10,12H,5,8,11H2,1-2H3. The summed E-state index contributed by atoms with van der Waals surface area (Å²) in [6.45, 7) is 1.15. The minimum Gasteiger partial charge on any atom is -0.309 e. The Labute approximate surface area is 108 Å². The minimum absolute atomic E-state index is 1.15. The molecule has 17 heavy (non-hydrogen) atoms. The zero-order valence-corrected chi connectivity index (χ0v) is 11.3. The van der Waals surface area contributed by atoms with E-state index in [9.17, 15) is 0 Å². The quantitative estimate of drug-likeness (QED) is 0.772. The lowest BCUT2D eigenvalue weighted by molar-refractivity contribution is 0.400. The molecule has 1 aromatic heterocycles. The Morgan fingerprint density at radius 3 is 2.59 bits per heavy atom. The summed E-state index contributed by atoms with van der Waals surface area (Å²) in [4.78, 5) is 3.62. The molecule has 0 aliphatic rings. The first-order chi connectivity index (χ1) is 8.27. The van der Waals surface area contributed by atoms with Crippen LogP contribution >= 0.6 is 11.3 Å². The van der Waals surface area contributed by atoms with Crippen molar-refractivity contribution in [1.29, 1.82) is 0 Å². The predicted octanol–water partition coefficient (Wildman–Crippen LogP) is 3.91. The molecule has 0 saturated carbocycles. The van der Waals surface area contributed by atoms with E-state index in [2.05, 4.69) is 60.8 Å². The molecular formula is C15H19NS. The summed E-state index contributed by atoms with van der Waals surface area (Å²) >= 11 is 1.82. The van der Waals surface area contributed by atoms with E-state index in [1.54, 1.807) is 0 Å². The molecule has 0 N–H and O–H groups in total. The van der Waals surface area contributed by atoms with E-state index in [1.165, 1.54) is 22.4 Å². The van der Waals surface area contributed by atoms with Crippen LogP contribution in [0, 0.1) is 0 Å². The van der Waals surface area contributed by atoms with Crippen LogP contribution in [-0.4, -0.2) is 25.5 Å². The minimum atomic E-state index is 1.15. The van der Waals surface area contributed by atoms with Crippen LogP contribution in [0.25, 0.3) is 10.4 Å². The highest BCUT2D eigenvalue weighted by Crippen LogP contribution is 2.28. The van der Waals surface area contributed by atoms with Crippen molar-refractivity contribution in [1.82, 2.24) is 4.90 Å². The molecule has 1 aromatic carbocycles. The summed E-state index contributed by atoms with van der Waals surface area (Å²) in [6.07, 6.45) is 2.38. The van der Waals surface area contributed by atoms with E-state index >= 15 is 0 Å². The Morgan fingerprint density at radius 2 is 1.88 bits per heavy atom. The first kappa shape index (κ1) is 12.3. The zero-order chi connectivity index (χ0) is 12.1. The lowest BCUT2D eigenvalue weighted by Crippen LogP contribution is -2.13. The normalized spacial score (nSPS) is 11.0. The molecule has 0 aliphatic carbocycles. The molecule has 2 heteroatoms. The maximum atomic E-state index is 2.25. The van der Waals surface area contributed by atoms with E-state index in [4.69, 9.17) is 0 Å². The van der Waals surface area contributed by atoms with Gasteiger partial charge < -0.3 is 4.90 Å². The summed E-state index contributed by atoms with van der Waals surface area (Å²) in [6, 6.07) is 13.1. The number of thiophene rings is 1. The van der Waals surface area contributed by atoms with Crippen molar-refractivity contribution in [2.45, 2.75) is 12.8 Å². The first-order valence-corrected chi connectivity index (χ1v) is 6.92. The third kappa shape index (κ3) is 3.42. The fourth-order valence-corrected chi connectivity index (χ4v) is 2.78. The highest BCUT2D eigenvalue weighted by atomic mass is 32.1. The van der Waals surface area contributed by atoms with Gasteiger partial charge in [-0.25, -0.2) is 0 Å². The van der Waals surface area contributed by atoms with Gasteiger partial charge in [0, 0.05) is 4.88 Å². The fraction of sp³-hybridized carbons (Fsp3) is 0.333. The molecule has 0 bridgehead atoms. The molecule has 0 fully saturated rings. The van der Waals surface area contributed by atoms with E-state index in [1.807, 2.05) is 11.3 Å². The maximum Gasteiger partial charge on any atom is 0.0345 e. The number of aryl methyl sites for hydroxylation is 1. The molecule has 0 spiro atoms. The third-order valence-corrected chi connectivity index (χ3v) is 3.76. The number of benzene rings is 1. The van der Waals surface area contributed by atoms with Gasteiger partial charge in [-0.15, -0.1) is 11.3 Å². The second-order valence-electron chi connectivity index (χ2n) is 4.54. The largest absolute Gasteiger partial charge is 0.309 e. The topological polar surface area (TPSA) is 3.24 Å². The molecule has 90 valence electrons. The highest BCUT2D eigenvalue weighted by molar-refractivity contribution is 7.13. The molecular weight excluding hydrogens is 226 g/mol. The van der Waals surface area contributed by atoms with Crippen molar-refractivity contribution in [3.8, 4) is 10.4 Å². The second kappa shape index (κ2) is 5.99. The van der Waals surface area contributed by atoms with Crippen LogP contribution in [0.4, 0.5) is 0 Å². The summed E-state index contributed by atoms with van der Waals surface area (Å²) in [5.41, 5.74) is 2.87. The van der Waals surface area contributed by atoms with Gasteiger partial charge in [-0.3, -0.25) is 0 Å². The van der Waals surface area contributed by atoms with Crippen molar-refractivity contribution in [2.24, 2.45) is 0 Å². The van der Waals surface area contributed by atoms with Gasteiger partial charge in [0.2, 0.25) is 0 Å². The van der Waals surface area contributed by atoms with Gasteiger partial charge in [0.15, 0.2) is 0 Å². The molecule has 2 rings (SSSR count). The van der Waals surface area contributed by atoms with E-state index in [-0.39, 0.29) is 0 Å². The van der Waals surface area contributed by atoms with Gasteiger partial charge in [0.25, 0.3) is 0 Å². The number of nitrogens with zero attached hydrogens (tertiary/aromatic N) is 1. The highest BCUT2D eigenvalue weighted by Gasteiger charge is 2.05. The SMILES string of the molecule is CN(C)CCCc1ccccc1-c1cccs1. The number of hydrogen-bond acceptors (Lipinski definition) is 2. The molecule has 0 unspecified atom stereocenters. The van der Waals surface area contributed by atoms with Crippen molar-refractivity contribution in [2.75, 3.05) is 20.6 Å². The Kier molecular flexibility index (Phi) is 4.35. The summed E-state index contributed by atoms with van der Waals surface area (Å²) in [5.74, 6) is 0. The molecule has 0 amide bonds. The first-order valence-electron chi connectivity index (χ1n) is 6.04. The van der Waals surface area contributed by atoms with Crippen LogP contribution in [0.2, 0.25) is 0 Å². The van der Waals surface area contributed by atoms with Crippen molar-refractivity contribution in [3.63, 3.8) is 0 Å². The number of hydrogen-bond donors (Lipinski definition) is 0. The van der Waals surface area contributed by atoms with Gasteiger partial charge in [-0.05, 0) is 56.1 Å². The van der Waals surface area contributed by atoms with Gasteiger partial charge in [0.05, 0.1) is 0 Å². The summed E-state index contributed by atoms with van der Waals surface area (Å²) in [7, 11) is 4.26.